The Balaban J connectivity index is 2.30. The van der Waals surface area contributed by atoms with Crippen LogP contribution < -0.4 is 16.0 Å². The number of nitrogens with one attached hydrogen (secondary N) is 3. The number of aliphatic carboxylic acids is 1. The maximum absolute atomic E-state index is 11.9. The van der Waals surface area contributed by atoms with E-state index in [0.717, 1.165) is 11.8 Å². The first-order valence-electron chi connectivity index (χ1n) is 7.57. The van der Waals surface area contributed by atoms with Gasteiger partial charge in [0.15, 0.2) is 0 Å². The molecular weight excluding hydrogens is 362 g/mol. The minimum Gasteiger partial charge on any atom is -0.480 e. The van der Waals surface area contributed by atoms with Crippen LogP contribution in [0.25, 0.3) is 0 Å². The van der Waals surface area contributed by atoms with E-state index in [-0.39, 0.29) is 10.9 Å². The van der Waals surface area contributed by atoms with E-state index < -0.39 is 42.8 Å². The Labute approximate surface area is 153 Å². The molecule has 0 aromatic heterocycles. The van der Waals surface area contributed by atoms with Crippen LogP contribution >= 0.6 is 11.8 Å². The van der Waals surface area contributed by atoms with Gasteiger partial charge in [-0.1, -0.05) is 42.1 Å². The van der Waals surface area contributed by atoms with Crippen LogP contribution in [0.1, 0.15) is 17.3 Å². The molecule has 9 nitrogen and oxygen atoms in total. The molecule has 0 aliphatic heterocycles. The van der Waals surface area contributed by atoms with Crippen molar-refractivity contribution >= 4 is 40.6 Å². The smallest absolute Gasteiger partial charge is 0.322 e. The predicted octanol–water partition coefficient (Wildman–Crippen LogP) is -0.618. The molecule has 0 fully saturated rings. The van der Waals surface area contributed by atoms with E-state index in [1.54, 1.807) is 30.3 Å². The van der Waals surface area contributed by atoms with E-state index in [2.05, 4.69) is 16.0 Å². The molecule has 1 aromatic carbocycles. The van der Waals surface area contributed by atoms with Crippen molar-refractivity contribution in [1.82, 2.24) is 16.0 Å². The molecule has 0 aliphatic carbocycles. The highest BCUT2D eigenvalue weighted by atomic mass is 32.2. The number of carboxylic acid groups (broad SMARTS) is 1. The Bertz CT molecular complexity index is 680. The summed E-state index contributed by atoms with van der Waals surface area (Å²) in [5.74, 6) is -3.12. The molecule has 1 rings (SSSR count). The second-order valence-corrected chi connectivity index (χ2v) is 6.07. The number of benzene rings is 1. The summed E-state index contributed by atoms with van der Waals surface area (Å²) < 4.78 is 0. The molecule has 0 bridgehead atoms. The zero-order valence-corrected chi connectivity index (χ0v) is 14.8. The van der Waals surface area contributed by atoms with E-state index in [4.69, 9.17) is 5.11 Å². The number of hydrogen-bond donors (Lipinski definition) is 4. The van der Waals surface area contributed by atoms with Gasteiger partial charge in [0.05, 0.1) is 12.3 Å². The first kappa shape index (κ1) is 21.2. The van der Waals surface area contributed by atoms with Gasteiger partial charge in [-0.2, -0.15) is 0 Å². The highest BCUT2D eigenvalue weighted by Gasteiger charge is 2.17. The van der Waals surface area contributed by atoms with Crippen LogP contribution in [0, 0.1) is 0 Å². The average Bonchev–Trinajstić information content (AvgIpc) is 2.62. The lowest BCUT2D eigenvalue weighted by Gasteiger charge is -2.13. The fourth-order valence-corrected chi connectivity index (χ4v) is 2.34. The third-order valence-electron chi connectivity index (χ3n) is 2.97. The van der Waals surface area contributed by atoms with Crippen molar-refractivity contribution in [1.29, 1.82) is 0 Å². The van der Waals surface area contributed by atoms with Crippen LogP contribution in [0.15, 0.2) is 30.3 Å². The SMILES string of the molecule is C[C@@H](NC(=O)CSC(=O)c1ccccc1)C(=O)NCC(=O)NCC(=O)O. The molecule has 4 N–H and O–H groups in total. The van der Waals surface area contributed by atoms with Crippen LogP contribution in [-0.2, 0) is 19.2 Å². The van der Waals surface area contributed by atoms with E-state index >= 15 is 0 Å². The number of amides is 3. The molecule has 26 heavy (non-hydrogen) atoms. The topological polar surface area (TPSA) is 142 Å². The van der Waals surface area contributed by atoms with Crippen molar-refractivity contribution < 1.29 is 29.1 Å². The van der Waals surface area contributed by atoms with Gasteiger partial charge in [0, 0.05) is 5.56 Å². The summed E-state index contributed by atoms with van der Waals surface area (Å²) in [5.41, 5.74) is 0.475. The van der Waals surface area contributed by atoms with Gasteiger partial charge in [0.2, 0.25) is 22.8 Å². The molecule has 0 unspecified atom stereocenters. The third kappa shape index (κ3) is 8.29. The van der Waals surface area contributed by atoms with Crippen molar-refractivity contribution in [2.24, 2.45) is 0 Å². The second kappa shape index (κ2) is 10.9. The molecule has 0 radical (unpaired) electrons. The fraction of sp³-hybridized carbons (Fsp3) is 0.312. The highest BCUT2D eigenvalue weighted by molar-refractivity contribution is 8.14. The Kier molecular flexibility index (Phi) is 8.85. The Morgan fingerprint density at radius 2 is 1.65 bits per heavy atom. The first-order chi connectivity index (χ1) is 12.3. The summed E-state index contributed by atoms with van der Waals surface area (Å²) in [6.45, 7) is 0.466. The van der Waals surface area contributed by atoms with E-state index in [1.165, 1.54) is 6.92 Å². The molecule has 0 heterocycles. The summed E-state index contributed by atoms with van der Waals surface area (Å²) in [4.78, 5) is 57.0. The average molecular weight is 381 g/mol. The van der Waals surface area contributed by atoms with Crippen LogP contribution in [-0.4, -0.2) is 58.8 Å². The number of carbonyl (C=O) groups excluding carboxylic acids is 4. The number of hydrogen-bond acceptors (Lipinski definition) is 6. The largest absolute Gasteiger partial charge is 0.480 e. The van der Waals surface area contributed by atoms with Gasteiger partial charge in [-0.05, 0) is 6.92 Å². The lowest BCUT2D eigenvalue weighted by Crippen LogP contribution is -2.48. The van der Waals surface area contributed by atoms with Crippen molar-refractivity contribution in [2.75, 3.05) is 18.8 Å². The van der Waals surface area contributed by atoms with Crippen LogP contribution in [0.4, 0.5) is 0 Å². The molecule has 3 amide bonds. The number of carboxylic acids is 1. The molecule has 10 heteroatoms. The third-order valence-corrected chi connectivity index (χ3v) is 3.88. The summed E-state index contributed by atoms with van der Waals surface area (Å²) >= 11 is 0.816. The van der Waals surface area contributed by atoms with Gasteiger partial charge in [0.25, 0.3) is 0 Å². The van der Waals surface area contributed by atoms with Gasteiger partial charge in [-0.25, -0.2) is 0 Å². The lowest BCUT2D eigenvalue weighted by molar-refractivity contribution is -0.137. The first-order valence-corrected chi connectivity index (χ1v) is 8.56. The zero-order chi connectivity index (χ0) is 19.5. The number of rotatable bonds is 9. The van der Waals surface area contributed by atoms with Gasteiger partial charge in [0.1, 0.15) is 12.6 Å². The standard InChI is InChI=1S/C16H19N3O6S/c1-10(15(24)18-7-12(20)17-8-14(22)23)19-13(21)9-26-16(25)11-5-3-2-4-6-11/h2-6,10H,7-9H2,1H3,(H,17,20)(H,18,24)(H,19,21)(H,22,23)/t10-/m1/s1. The summed E-state index contributed by atoms with van der Waals surface area (Å²) in [7, 11) is 0. The van der Waals surface area contributed by atoms with Gasteiger partial charge >= 0.3 is 5.97 Å². The molecular formula is C16H19N3O6S. The van der Waals surface area contributed by atoms with E-state index in [0.29, 0.717) is 5.56 Å². The normalized spacial score (nSPS) is 11.1. The van der Waals surface area contributed by atoms with Crippen molar-refractivity contribution in [2.45, 2.75) is 13.0 Å². The predicted molar refractivity (Wildman–Crippen MR) is 94.5 cm³/mol. The molecule has 1 aromatic rings. The Morgan fingerprint density at radius 1 is 1.00 bits per heavy atom. The maximum atomic E-state index is 11.9. The highest BCUT2D eigenvalue weighted by Crippen LogP contribution is 2.11. The number of carbonyl (C=O) groups is 5. The summed E-state index contributed by atoms with van der Waals surface area (Å²) in [5, 5.41) is 14.9. The quantitative estimate of drug-likeness (QED) is 0.447. The van der Waals surface area contributed by atoms with Gasteiger partial charge in [-0.3, -0.25) is 24.0 Å². The van der Waals surface area contributed by atoms with Gasteiger partial charge in [-0.15, -0.1) is 0 Å². The minimum absolute atomic E-state index is 0.148. The fourth-order valence-electron chi connectivity index (χ4n) is 1.69. The molecule has 0 saturated heterocycles. The molecule has 0 aliphatic rings. The van der Waals surface area contributed by atoms with E-state index in [9.17, 15) is 24.0 Å². The van der Waals surface area contributed by atoms with E-state index in [1.807, 2.05) is 0 Å². The maximum Gasteiger partial charge on any atom is 0.322 e. The van der Waals surface area contributed by atoms with Crippen molar-refractivity contribution in [3.05, 3.63) is 35.9 Å². The molecule has 0 saturated carbocycles. The lowest BCUT2D eigenvalue weighted by atomic mass is 10.2. The molecule has 140 valence electrons. The molecule has 0 spiro atoms. The zero-order valence-electron chi connectivity index (χ0n) is 14.0. The van der Waals surface area contributed by atoms with Gasteiger partial charge < -0.3 is 21.1 Å². The minimum atomic E-state index is -1.20. The van der Waals surface area contributed by atoms with Crippen molar-refractivity contribution in [3.8, 4) is 0 Å². The second-order valence-electron chi connectivity index (χ2n) is 5.12. The van der Waals surface area contributed by atoms with Crippen molar-refractivity contribution in [3.63, 3.8) is 0 Å². The van der Waals surface area contributed by atoms with Crippen LogP contribution in [0.3, 0.4) is 0 Å². The Hall–Kier alpha value is -2.88. The monoisotopic (exact) mass is 381 g/mol. The van der Waals surface area contributed by atoms with Crippen LogP contribution in [0.2, 0.25) is 0 Å². The summed E-state index contributed by atoms with van der Waals surface area (Å²) in [6, 6.07) is 7.57. The van der Waals surface area contributed by atoms with Crippen LogP contribution in [0.5, 0.6) is 0 Å². The number of thioether (sulfide) groups is 1. The Morgan fingerprint density at radius 3 is 2.27 bits per heavy atom. The molecule has 1 atom stereocenters. The summed E-state index contributed by atoms with van der Waals surface area (Å²) in [6.07, 6.45) is 0.